The Morgan fingerprint density at radius 1 is 0.850 bits per heavy atom. The molecule has 0 aliphatic carbocycles. The van der Waals surface area contributed by atoms with Gasteiger partial charge < -0.3 is 22.1 Å². The van der Waals surface area contributed by atoms with Crippen molar-refractivity contribution >= 4 is 28.8 Å². The fourth-order valence-electron chi connectivity index (χ4n) is 1.93. The van der Waals surface area contributed by atoms with Crippen LogP contribution in [0.2, 0.25) is 0 Å². The van der Waals surface area contributed by atoms with Gasteiger partial charge in [0.05, 0.1) is 0 Å². The molecule has 0 atom stereocenters. The molecule has 2 amide bonds. The van der Waals surface area contributed by atoms with Crippen molar-refractivity contribution in [3.05, 3.63) is 47.5 Å². The van der Waals surface area contributed by atoms with E-state index in [0.29, 0.717) is 11.4 Å². The number of nitrogens with two attached hydrogens (primary N) is 2. The molecule has 104 valence electrons. The molecule has 0 aliphatic rings. The summed E-state index contributed by atoms with van der Waals surface area (Å²) in [6.45, 7) is 3.78. The van der Waals surface area contributed by atoms with Crippen LogP contribution in [0.4, 0.5) is 27.5 Å². The number of nitrogens with one attached hydrogen (secondary N) is 2. The lowest BCUT2D eigenvalue weighted by molar-refractivity contribution is 0.262. The minimum atomic E-state index is -0.300. The Bertz CT molecular complexity index is 597. The Balaban J connectivity index is 2.09. The van der Waals surface area contributed by atoms with Crippen molar-refractivity contribution < 1.29 is 4.79 Å². The average Bonchev–Trinajstić information content (AvgIpc) is 2.36. The molecule has 0 heterocycles. The molecule has 5 nitrogen and oxygen atoms in total. The van der Waals surface area contributed by atoms with Crippen LogP contribution in [-0.4, -0.2) is 6.03 Å². The number of nitrogen functional groups attached to an aromatic ring is 2. The minimum Gasteiger partial charge on any atom is -0.399 e. The van der Waals surface area contributed by atoms with Gasteiger partial charge in [-0.25, -0.2) is 4.79 Å². The predicted molar refractivity (Wildman–Crippen MR) is 83.8 cm³/mol. The molecule has 0 unspecified atom stereocenters. The molecular formula is C15H18N4O. The third-order valence-electron chi connectivity index (χ3n) is 3.00. The zero-order chi connectivity index (χ0) is 14.7. The van der Waals surface area contributed by atoms with Crippen LogP contribution >= 0.6 is 0 Å². The van der Waals surface area contributed by atoms with E-state index < -0.39 is 0 Å². The summed E-state index contributed by atoms with van der Waals surface area (Å²) in [4.78, 5) is 12.0. The van der Waals surface area contributed by atoms with E-state index in [4.69, 9.17) is 11.5 Å². The van der Waals surface area contributed by atoms with Gasteiger partial charge in [0.15, 0.2) is 0 Å². The van der Waals surface area contributed by atoms with Crippen LogP contribution in [0.5, 0.6) is 0 Å². The van der Waals surface area contributed by atoms with Crippen LogP contribution in [0, 0.1) is 13.8 Å². The fourth-order valence-corrected chi connectivity index (χ4v) is 1.93. The molecule has 20 heavy (non-hydrogen) atoms. The first kappa shape index (κ1) is 13.7. The summed E-state index contributed by atoms with van der Waals surface area (Å²) in [7, 11) is 0. The van der Waals surface area contributed by atoms with Gasteiger partial charge in [0.1, 0.15) is 0 Å². The summed E-state index contributed by atoms with van der Waals surface area (Å²) in [6.07, 6.45) is 0. The SMILES string of the molecule is Cc1cc(N)ccc1NC(=O)Nc1ccc(N)cc1C. The van der Waals surface area contributed by atoms with Gasteiger partial charge in [-0.3, -0.25) is 0 Å². The van der Waals surface area contributed by atoms with Crippen LogP contribution in [0.15, 0.2) is 36.4 Å². The maximum Gasteiger partial charge on any atom is 0.323 e. The van der Waals surface area contributed by atoms with Crippen molar-refractivity contribution in [1.82, 2.24) is 0 Å². The minimum absolute atomic E-state index is 0.300. The quantitative estimate of drug-likeness (QED) is 0.632. The number of hydrogen-bond acceptors (Lipinski definition) is 3. The Labute approximate surface area is 118 Å². The van der Waals surface area contributed by atoms with E-state index in [0.717, 1.165) is 22.5 Å². The first-order chi connectivity index (χ1) is 9.45. The molecule has 0 saturated carbocycles. The number of urea groups is 1. The van der Waals surface area contributed by atoms with Crippen LogP contribution in [-0.2, 0) is 0 Å². The van der Waals surface area contributed by atoms with E-state index in [2.05, 4.69) is 10.6 Å². The van der Waals surface area contributed by atoms with Crippen molar-refractivity contribution in [3.8, 4) is 0 Å². The van der Waals surface area contributed by atoms with Crippen LogP contribution < -0.4 is 22.1 Å². The van der Waals surface area contributed by atoms with Crippen molar-refractivity contribution in [2.75, 3.05) is 22.1 Å². The topological polar surface area (TPSA) is 93.2 Å². The van der Waals surface area contributed by atoms with E-state index in [1.165, 1.54) is 0 Å². The Kier molecular flexibility index (Phi) is 3.79. The highest BCUT2D eigenvalue weighted by atomic mass is 16.2. The van der Waals surface area contributed by atoms with Gasteiger partial charge in [0, 0.05) is 22.7 Å². The zero-order valence-electron chi connectivity index (χ0n) is 11.5. The third kappa shape index (κ3) is 3.20. The predicted octanol–water partition coefficient (Wildman–Crippen LogP) is 3.11. The summed E-state index contributed by atoms with van der Waals surface area (Å²) in [5.74, 6) is 0. The summed E-state index contributed by atoms with van der Waals surface area (Å²) in [6, 6.07) is 10.4. The number of amides is 2. The molecule has 2 aromatic rings. The second-order valence-corrected chi connectivity index (χ2v) is 4.73. The van der Waals surface area contributed by atoms with Gasteiger partial charge in [0.2, 0.25) is 0 Å². The molecular weight excluding hydrogens is 252 g/mol. The lowest BCUT2D eigenvalue weighted by Gasteiger charge is -2.12. The molecule has 0 fully saturated rings. The van der Waals surface area contributed by atoms with Gasteiger partial charge in [-0.15, -0.1) is 0 Å². The zero-order valence-corrected chi connectivity index (χ0v) is 11.5. The molecule has 0 aromatic heterocycles. The van der Waals surface area contributed by atoms with Crippen molar-refractivity contribution in [2.45, 2.75) is 13.8 Å². The maximum absolute atomic E-state index is 12.0. The number of rotatable bonds is 2. The summed E-state index contributed by atoms with van der Waals surface area (Å²) in [5, 5.41) is 5.58. The molecule has 0 radical (unpaired) electrons. The van der Waals surface area contributed by atoms with E-state index in [1.807, 2.05) is 26.0 Å². The van der Waals surface area contributed by atoms with Crippen molar-refractivity contribution in [3.63, 3.8) is 0 Å². The van der Waals surface area contributed by atoms with Crippen molar-refractivity contribution in [2.24, 2.45) is 0 Å². The maximum atomic E-state index is 12.0. The molecule has 5 heteroatoms. The Morgan fingerprint density at radius 2 is 1.25 bits per heavy atom. The number of benzene rings is 2. The molecule has 2 aromatic carbocycles. The van der Waals surface area contributed by atoms with Crippen LogP contribution in [0.1, 0.15) is 11.1 Å². The molecule has 0 bridgehead atoms. The van der Waals surface area contributed by atoms with E-state index in [1.54, 1.807) is 24.3 Å². The van der Waals surface area contributed by atoms with Gasteiger partial charge in [-0.2, -0.15) is 0 Å². The Morgan fingerprint density at radius 3 is 1.60 bits per heavy atom. The average molecular weight is 270 g/mol. The lowest BCUT2D eigenvalue weighted by Crippen LogP contribution is -2.20. The van der Waals surface area contributed by atoms with Gasteiger partial charge in [0.25, 0.3) is 0 Å². The van der Waals surface area contributed by atoms with Crippen LogP contribution in [0.25, 0.3) is 0 Å². The standard InChI is InChI=1S/C15H18N4O/c1-9-7-11(16)3-5-13(9)18-15(20)19-14-6-4-12(17)8-10(14)2/h3-8H,16-17H2,1-2H3,(H2,18,19,20). The number of aryl methyl sites for hydroxylation is 2. The number of carbonyl (C=O) groups is 1. The molecule has 2 rings (SSSR count). The lowest BCUT2D eigenvalue weighted by atomic mass is 10.1. The molecule has 0 spiro atoms. The first-order valence-electron chi connectivity index (χ1n) is 6.26. The number of anilines is 4. The Hall–Kier alpha value is -2.69. The van der Waals surface area contributed by atoms with E-state index in [9.17, 15) is 4.79 Å². The molecule has 6 N–H and O–H groups in total. The first-order valence-corrected chi connectivity index (χ1v) is 6.26. The molecule has 0 saturated heterocycles. The number of carbonyl (C=O) groups excluding carboxylic acids is 1. The van der Waals surface area contributed by atoms with E-state index in [-0.39, 0.29) is 6.03 Å². The largest absolute Gasteiger partial charge is 0.399 e. The van der Waals surface area contributed by atoms with Gasteiger partial charge in [-0.05, 0) is 61.4 Å². The summed E-state index contributed by atoms with van der Waals surface area (Å²) < 4.78 is 0. The second kappa shape index (κ2) is 5.52. The number of hydrogen-bond donors (Lipinski definition) is 4. The molecule has 0 aliphatic heterocycles. The van der Waals surface area contributed by atoms with Gasteiger partial charge in [-0.1, -0.05) is 0 Å². The summed E-state index contributed by atoms with van der Waals surface area (Å²) in [5.41, 5.74) is 16.0. The highest BCUT2D eigenvalue weighted by Crippen LogP contribution is 2.20. The van der Waals surface area contributed by atoms with Gasteiger partial charge >= 0.3 is 6.03 Å². The third-order valence-corrected chi connectivity index (χ3v) is 3.00. The fraction of sp³-hybridized carbons (Fsp3) is 0.133. The smallest absolute Gasteiger partial charge is 0.323 e. The van der Waals surface area contributed by atoms with Crippen LogP contribution in [0.3, 0.4) is 0 Å². The summed E-state index contributed by atoms with van der Waals surface area (Å²) >= 11 is 0. The monoisotopic (exact) mass is 270 g/mol. The van der Waals surface area contributed by atoms with Crippen molar-refractivity contribution in [1.29, 1.82) is 0 Å². The highest BCUT2D eigenvalue weighted by molar-refractivity contribution is 6.00. The highest BCUT2D eigenvalue weighted by Gasteiger charge is 2.07. The second-order valence-electron chi connectivity index (χ2n) is 4.73. The normalized spacial score (nSPS) is 10.1. The van der Waals surface area contributed by atoms with E-state index >= 15 is 0 Å².